The first-order valence-electron chi connectivity index (χ1n) is 5.90. The smallest absolute Gasteiger partial charge is 0.131 e. The molecule has 3 N–H and O–H groups in total. The van der Waals surface area contributed by atoms with Crippen LogP contribution >= 0.6 is 15.9 Å². The zero-order chi connectivity index (χ0) is 13.2. The fourth-order valence-corrected chi connectivity index (χ4v) is 2.30. The number of nitrogens with two attached hydrogens (primary N) is 1. The van der Waals surface area contributed by atoms with Gasteiger partial charge in [-0.15, -0.1) is 0 Å². The van der Waals surface area contributed by atoms with Gasteiger partial charge in [0, 0.05) is 15.5 Å². The number of aromatic nitrogens is 1. The molecule has 0 aliphatic heterocycles. The van der Waals surface area contributed by atoms with Crippen LogP contribution in [0, 0.1) is 0 Å². The van der Waals surface area contributed by atoms with E-state index >= 15 is 0 Å². The maximum atomic E-state index is 5.76. The Morgan fingerprint density at radius 1 is 1.00 bits per heavy atom. The molecule has 0 spiro atoms. The number of halogens is 1. The molecule has 0 aliphatic carbocycles. The number of hydrogen-bond donors (Lipinski definition) is 2. The lowest BCUT2D eigenvalue weighted by Gasteiger charge is -2.08. The van der Waals surface area contributed by atoms with Gasteiger partial charge in [-0.1, -0.05) is 12.1 Å². The van der Waals surface area contributed by atoms with Crippen molar-refractivity contribution >= 4 is 44.0 Å². The van der Waals surface area contributed by atoms with E-state index in [1.807, 2.05) is 54.6 Å². The lowest BCUT2D eigenvalue weighted by molar-refractivity contribution is 1.37. The summed E-state index contributed by atoms with van der Waals surface area (Å²) in [5.41, 5.74) is 8.42. The first-order chi connectivity index (χ1) is 9.22. The van der Waals surface area contributed by atoms with E-state index in [1.54, 1.807) is 0 Å². The third-order valence-corrected chi connectivity index (χ3v) is 3.54. The molecule has 2 aromatic carbocycles. The van der Waals surface area contributed by atoms with Crippen LogP contribution in [0.2, 0.25) is 0 Å². The maximum Gasteiger partial charge on any atom is 0.131 e. The second-order valence-electron chi connectivity index (χ2n) is 4.25. The number of anilines is 3. The molecule has 19 heavy (non-hydrogen) atoms. The molecule has 0 atom stereocenters. The van der Waals surface area contributed by atoms with Gasteiger partial charge in [0.15, 0.2) is 0 Å². The quantitative estimate of drug-likeness (QED) is 0.693. The van der Waals surface area contributed by atoms with Crippen LogP contribution in [0.5, 0.6) is 0 Å². The average Bonchev–Trinajstić information content (AvgIpc) is 2.41. The molecule has 0 unspecified atom stereocenters. The lowest BCUT2D eigenvalue weighted by atomic mass is 10.2. The molecule has 3 aromatic rings. The highest BCUT2D eigenvalue weighted by atomic mass is 79.9. The van der Waals surface area contributed by atoms with Crippen molar-refractivity contribution in [3.05, 3.63) is 59.1 Å². The predicted molar refractivity (Wildman–Crippen MR) is 83.6 cm³/mol. The Kier molecular flexibility index (Phi) is 3.09. The van der Waals surface area contributed by atoms with Crippen molar-refractivity contribution in [1.82, 2.24) is 4.98 Å². The van der Waals surface area contributed by atoms with Crippen molar-refractivity contribution in [2.45, 2.75) is 0 Å². The fourth-order valence-electron chi connectivity index (χ4n) is 1.91. The van der Waals surface area contributed by atoms with Gasteiger partial charge < -0.3 is 11.1 Å². The Bertz CT molecular complexity index is 740. The number of rotatable bonds is 2. The van der Waals surface area contributed by atoms with E-state index in [0.717, 1.165) is 32.6 Å². The molecule has 0 amide bonds. The van der Waals surface area contributed by atoms with E-state index in [0.29, 0.717) is 0 Å². The zero-order valence-electron chi connectivity index (χ0n) is 10.1. The molecule has 0 aliphatic rings. The second kappa shape index (κ2) is 4.90. The molecular formula is C15H12BrN3. The van der Waals surface area contributed by atoms with Crippen molar-refractivity contribution in [3.8, 4) is 0 Å². The van der Waals surface area contributed by atoms with E-state index in [2.05, 4.69) is 26.2 Å². The van der Waals surface area contributed by atoms with Crippen LogP contribution < -0.4 is 11.1 Å². The summed E-state index contributed by atoms with van der Waals surface area (Å²) < 4.78 is 1.01. The van der Waals surface area contributed by atoms with Crippen molar-refractivity contribution in [2.75, 3.05) is 11.1 Å². The largest absolute Gasteiger partial charge is 0.399 e. The van der Waals surface area contributed by atoms with Crippen LogP contribution in [0.1, 0.15) is 0 Å². The summed E-state index contributed by atoms with van der Waals surface area (Å²) in [6.45, 7) is 0. The second-order valence-corrected chi connectivity index (χ2v) is 5.11. The number of fused-ring (bicyclic) bond motifs is 1. The predicted octanol–water partition coefficient (Wildman–Crippen LogP) is 4.32. The van der Waals surface area contributed by atoms with Gasteiger partial charge in [-0.3, -0.25) is 0 Å². The Labute approximate surface area is 119 Å². The molecule has 1 aromatic heterocycles. The number of benzene rings is 2. The van der Waals surface area contributed by atoms with E-state index in [1.165, 1.54) is 0 Å². The van der Waals surface area contributed by atoms with Gasteiger partial charge >= 0.3 is 0 Å². The third-order valence-electron chi connectivity index (χ3n) is 2.85. The molecule has 3 rings (SSSR count). The van der Waals surface area contributed by atoms with Crippen LogP contribution in [0.25, 0.3) is 10.9 Å². The topological polar surface area (TPSA) is 50.9 Å². The minimum absolute atomic E-state index is 0.751. The van der Waals surface area contributed by atoms with Gasteiger partial charge in [0.05, 0.1) is 11.2 Å². The first-order valence-corrected chi connectivity index (χ1v) is 6.69. The van der Waals surface area contributed by atoms with Crippen LogP contribution in [0.4, 0.5) is 17.2 Å². The van der Waals surface area contributed by atoms with Crippen LogP contribution in [0.15, 0.2) is 59.1 Å². The highest BCUT2D eigenvalue weighted by Gasteiger charge is 2.02. The van der Waals surface area contributed by atoms with Crippen molar-refractivity contribution in [3.63, 3.8) is 0 Å². The highest BCUT2D eigenvalue weighted by molar-refractivity contribution is 9.10. The van der Waals surface area contributed by atoms with Crippen LogP contribution in [-0.2, 0) is 0 Å². The van der Waals surface area contributed by atoms with Crippen LogP contribution in [0.3, 0.4) is 0 Å². The molecule has 0 bridgehead atoms. The molecule has 0 saturated heterocycles. The number of nitrogens with zero attached hydrogens (tertiary/aromatic N) is 1. The summed E-state index contributed by atoms with van der Waals surface area (Å²) in [7, 11) is 0. The number of para-hydroxylation sites is 1. The molecule has 0 fully saturated rings. The van der Waals surface area contributed by atoms with E-state index < -0.39 is 0 Å². The summed E-state index contributed by atoms with van der Waals surface area (Å²) in [6, 6.07) is 17.6. The SMILES string of the molecule is Nc1ccc2nc(Nc3ccccc3Br)ccc2c1. The van der Waals surface area contributed by atoms with Crippen molar-refractivity contribution < 1.29 is 0 Å². The van der Waals surface area contributed by atoms with E-state index in [9.17, 15) is 0 Å². The maximum absolute atomic E-state index is 5.76. The van der Waals surface area contributed by atoms with Gasteiger partial charge in [-0.2, -0.15) is 0 Å². The number of pyridine rings is 1. The Morgan fingerprint density at radius 3 is 2.68 bits per heavy atom. The summed E-state index contributed by atoms with van der Waals surface area (Å²) in [4.78, 5) is 4.57. The number of nitrogens with one attached hydrogen (secondary N) is 1. The zero-order valence-corrected chi connectivity index (χ0v) is 11.7. The molecule has 4 heteroatoms. The van der Waals surface area contributed by atoms with Crippen LogP contribution in [-0.4, -0.2) is 4.98 Å². The third kappa shape index (κ3) is 2.53. The summed E-state index contributed by atoms with van der Waals surface area (Å²) in [5, 5.41) is 4.33. The first kappa shape index (κ1) is 12.0. The lowest BCUT2D eigenvalue weighted by Crippen LogP contribution is -1.94. The van der Waals surface area contributed by atoms with Gasteiger partial charge in [0.1, 0.15) is 5.82 Å². The van der Waals surface area contributed by atoms with E-state index in [4.69, 9.17) is 5.73 Å². The standard InChI is InChI=1S/C15H12BrN3/c16-12-3-1-2-4-14(12)19-15-8-5-10-9-11(17)6-7-13(10)18-15/h1-9H,17H2,(H,18,19). The Morgan fingerprint density at radius 2 is 1.84 bits per heavy atom. The fraction of sp³-hybridized carbons (Fsp3) is 0. The molecule has 3 nitrogen and oxygen atoms in total. The minimum Gasteiger partial charge on any atom is -0.399 e. The van der Waals surface area contributed by atoms with Crippen molar-refractivity contribution in [1.29, 1.82) is 0 Å². The molecule has 94 valence electrons. The van der Waals surface area contributed by atoms with Gasteiger partial charge in [-0.25, -0.2) is 4.98 Å². The van der Waals surface area contributed by atoms with Gasteiger partial charge in [0.25, 0.3) is 0 Å². The molecule has 0 saturated carbocycles. The average molecular weight is 314 g/mol. The molecule has 1 heterocycles. The summed E-state index contributed by atoms with van der Waals surface area (Å²) in [5.74, 6) is 0.809. The monoisotopic (exact) mass is 313 g/mol. The number of hydrogen-bond acceptors (Lipinski definition) is 3. The summed E-state index contributed by atoms with van der Waals surface area (Å²) in [6.07, 6.45) is 0. The molecular weight excluding hydrogens is 302 g/mol. The minimum atomic E-state index is 0.751. The van der Waals surface area contributed by atoms with E-state index in [-0.39, 0.29) is 0 Å². The Hall–Kier alpha value is -2.07. The highest BCUT2D eigenvalue weighted by Crippen LogP contribution is 2.25. The molecule has 0 radical (unpaired) electrons. The number of nitrogen functional groups attached to an aromatic ring is 1. The normalized spacial score (nSPS) is 10.6. The summed E-state index contributed by atoms with van der Waals surface area (Å²) >= 11 is 3.51. The Balaban J connectivity index is 1.98. The van der Waals surface area contributed by atoms with Crippen molar-refractivity contribution in [2.24, 2.45) is 0 Å². The van der Waals surface area contributed by atoms with Gasteiger partial charge in [0.2, 0.25) is 0 Å². The van der Waals surface area contributed by atoms with Gasteiger partial charge in [-0.05, 0) is 58.4 Å².